The highest BCUT2D eigenvalue weighted by Crippen LogP contribution is 2.37. The minimum absolute atomic E-state index is 0.0894. The van der Waals surface area contributed by atoms with Gasteiger partial charge in [0.25, 0.3) is 5.91 Å². The number of aromatic nitrogens is 2. The quantitative estimate of drug-likeness (QED) is 0.729. The van der Waals surface area contributed by atoms with Gasteiger partial charge >= 0.3 is 0 Å². The Kier molecular flexibility index (Phi) is 4.43. The smallest absolute Gasteiger partial charge is 0.253 e. The zero-order chi connectivity index (χ0) is 19.8. The van der Waals surface area contributed by atoms with Crippen LogP contribution in [0.1, 0.15) is 29.0 Å². The summed E-state index contributed by atoms with van der Waals surface area (Å²) in [6.07, 6.45) is 3.54. The first kappa shape index (κ1) is 18.1. The monoisotopic (exact) mass is 390 g/mol. The van der Waals surface area contributed by atoms with E-state index in [4.69, 9.17) is 4.98 Å². The van der Waals surface area contributed by atoms with Crippen LogP contribution >= 0.6 is 0 Å². The number of amides is 1. The Hall–Kier alpha value is -2.99. The number of benzene rings is 2. The molecule has 1 amide bonds. The number of imidazole rings is 1. The van der Waals surface area contributed by atoms with Gasteiger partial charge < -0.3 is 14.8 Å². The third-order valence-electron chi connectivity index (χ3n) is 6.15. The Balaban J connectivity index is 1.39. The summed E-state index contributed by atoms with van der Waals surface area (Å²) in [4.78, 5) is 19.5. The molecule has 2 aliphatic heterocycles. The van der Waals surface area contributed by atoms with Crippen molar-refractivity contribution in [3.63, 3.8) is 0 Å². The minimum atomic E-state index is -0.235. The Morgan fingerprint density at radius 1 is 1.00 bits per heavy atom. The zero-order valence-electron chi connectivity index (χ0n) is 16.1. The molecule has 1 fully saturated rings. The molecule has 3 heterocycles. The van der Waals surface area contributed by atoms with Gasteiger partial charge in [-0.05, 0) is 54.8 Å². The molecule has 1 aromatic heterocycles. The fourth-order valence-electron chi connectivity index (χ4n) is 4.58. The van der Waals surface area contributed by atoms with Crippen molar-refractivity contribution in [1.82, 2.24) is 19.8 Å². The molecule has 0 unspecified atom stereocenters. The van der Waals surface area contributed by atoms with Crippen molar-refractivity contribution in [3.8, 4) is 11.3 Å². The molecule has 0 bridgehead atoms. The topological polar surface area (TPSA) is 50.2 Å². The molecule has 148 valence electrons. The molecule has 0 saturated carbocycles. The number of hydrogen-bond acceptors (Lipinski definition) is 3. The SMILES string of the molecule is O=C(c1ccccc1)N1CCC2(CC1)NCCn1c(-c3ccc(F)cc3)cnc12. The van der Waals surface area contributed by atoms with E-state index in [1.165, 1.54) is 12.1 Å². The van der Waals surface area contributed by atoms with Crippen molar-refractivity contribution in [1.29, 1.82) is 0 Å². The van der Waals surface area contributed by atoms with Crippen molar-refractivity contribution in [3.05, 3.63) is 78.0 Å². The van der Waals surface area contributed by atoms with Crippen molar-refractivity contribution in [2.75, 3.05) is 19.6 Å². The normalized spacial score (nSPS) is 17.9. The summed E-state index contributed by atoms with van der Waals surface area (Å²) in [6, 6.07) is 16.0. The third kappa shape index (κ3) is 3.13. The number of carbonyl (C=O) groups is 1. The van der Waals surface area contributed by atoms with Crippen LogP contribution in [-0.2, 0) is 12.1 Å². The van der Waals surface area contributed by atoms with Crippen LogP contribution < -0.4 is 5.32 Å². The van der Waals surface area contributed by atoms with Gasteiger partial charge in [-0.2, -0.15) is 0 Å². The van der Waals surface area contributed by atoms with E-state index in [2.05, 4.69) is 9.88 Å². The summed E-state index contributed by atoms with van der Waals surface area (Å²) < 4.78 is 15.6. The second-order valence-electron chi connectivity index (χ2n) is 7.79. The molecule has 29 heavy (non-hydrogen) atoms. The summed E-state index contributed by atoms with van der Waals surface area (Å²) in [5.74, 6) is 0.877. The molecule has 2 aromatic carbocycles. The van der Waals surface area contributed by atoms with Gasteiger partial charge in [-0.3, -0.25) is 4.79 Å². The highest BCUT2D eigenvalue weighted by Gasteiger charge is 2.42. The van der Waals surface area contributed by atoms with Crippen LogP contribution in [0.2, 0.25) is 0 Å². The fraction of sp³-hybridized carbons (Fsp3) is 0.304. The van der Waals surface area contributed by atoms with E-state index in [9.17, 15) is 9.18 Å². The number of rotatable bonds is 2. The lowest BCUT2D eigenvalue weighted by molar-refractivity contribution is 0.0607. The second-order valence-corrected chi connectivity index (χ2v) is 7.79. The molecule has 5 rings (SSSR count). The second kappa shape index (κ2) is 7.12. The number of likely N-dealkylation sites (tertiary alicyclic amines) is 1. The van der Waals surface area contributed by atoms with E-state index in [-0.39, 0.29) is 17.3 Å². The Morgan fingerprint density at radius 3 is 2.45 bits per heavy atom. The molecular weight excluding hydrogens is 367 g/mol. The zero-order valence-corrected chi connectivity index (χ0v) is 16.1. The molecule has 5 nitrogen and oxygen atoms in total. The van der Waals surface area contributed by atoms with E-state index < -0.39 is 0 Å². The van der Waals surface area contributed by atoms with Crippen LogP contribution in [0.4, 0.5) is 4.39 Å². The Bertz CT molecular complexity index is 1020. The van der Waals surface area contributed by atoms with Gasteiger partial charge in [-0.25, -0.2) is 9.37 Å². The first-order valence-electron chi connectivity index (χ1n) is 10.1. The number of hydrogen-bond donors (Lipinski definition) is 1. The van der Waals surface area contributed by atoms with Crippen LogP contribution in [0.3, 0.4) is 0 Å². The number of fused-ring (bicyclic) bond motifs is 2. The van der Waals surface area contributed by atoms with E-state index in [0.717, 1.165) is 48.6 Å². The van der Waals surface area contributed by atoms with Crippen LogP contribution in [-0.4, -0.2) is 40.0 Å². The molecule has 1 spiro atoms. The average Bonchev–Trinajstić information content (AvgIpc) is 3.21. The lowest BCUT2D eigenvalue weighted by Gasteiger charge is -2.44. The molecule has 0 atom stereocenters. The van der Waals surface area contributed by atoms with E-state index >= 15 is 0 Å². The van der Waals surface area contributed by atoms with E-state index in [1.807, 2.05) is 41.4 Å². The first-order chi connectivity index (χ1) is 14.2. The Morgan fingerprint density at radius 2 is 1.72 bits per heavy atom. The molecular formula is C23H23FN4O. The van der Waals surface area contributed by atoms with Gasteiger partial charge in [0.15, 0.2) is 0 Å². The standard InChI is InChI=1S/C23H23FN4O/c24-19-8-6-17(7-9-19)20-16-25-22-23(26-12-15-28(20)22)10-13-27(14-11-23)21(29)18-4-2-1-3-5-18/h1-9,16,26H,10-15H2. The van der Waals surface area contributed by atoms with Crippen LogP contribution in [0.15, 0.2) is 60.8 Å². The predicted octanol–water partition coefficient (Wildman–Crippen LogP) is 3.42. The molecule has 3 aromatic rings. The number of piperidine rings is 1. The Labute approximate surface area is 169 Å². The maximum atomic E-state index is 13.3. The maximum absolute atomic E-state index is 13.3. The summed E-state index contributed by atoms with van der Waals surface area (Å²) in [5, 5.41) is 3.68. The minimum Gasteiger partial charge on any atom is -0.338 e. The van der Waals surface area contributed by atoms with Crippen molar-refractivity contribution in [2.45, 2.75) is 24.9 Å². The van der Waals surface area contributed by atoms with Gasteiger partial charge in [-0.15, -0.1) is 0 Å². The van der Waals surface area contributed by atoms with Crippen LogP contribution in [0.25, 0.3) is 11.3 Å². The maximum Gasteiger partial charge on any atom is 0.253 e. The third-order valence-corrected chi connectivity index (χ3v) is 6.15. The lowest BCUT2D eigenvalue weighted by Crippen LogP contribution is -2.56. The predicted molar refractivity (Wildman–Crippen MR) is 109 cm³/mol. The number of nitrogens with zero attached hydrogens (tertiary/aromatic N) is 3. The van der Waals surface area contributed by atoms with Gasteiger partial charge in [0.2, 0.25) is 0 Å². The largest absolute Gasteiger partial charge is 0.338 e. The molecule has 2 aliphatic rings. The van der Waals surface area contributed by atoms with Crippen molar-refractivity contribution < 1.29 is 9.18 Å². The molecule has 6 heteroatoms. The number of nitrogens with one attached hydrogen (secondary N) is 1. The molecule has 1 N–H and O–H groups in total. The highest BCUT2D eigenvalue weighted by molar-refractivity contribution is 5.94. The summed E-state index contributed by atoms with van der Waals surface area (Å²) in [6.45, 7) is 3.07. The molecule has 0 aliphatic carbocycles. The summed E-state index contributed by atoms with van der Waals surface area (Å²) in [5.41, 5.74) is 2.51. The van der Waals surface area contributed by atoms with E-state index in [1.54, 1.807) is 12.1 Å². The highest BCUT2D eigenvalue weighted by atomic mass is 19.1. The van der Waals surface area contributed by atoms with Gasteiger partial charge in [0, 0.05) is 31.7 Å². The fourth-order valence-corrected chi connectivity index (χ4v) is 4.58. The average molecular weight is 390 g/mol. The molecule has 1 saturated heterocycles. The van der Waals surface area contributed by atoms with Crippen molar-refractivity contribution in [2.24, 2.45) is 0 Å². The number of halogens is 1. The molecule has 0 radical (unpaired) electrons. The summed E-state index contributed by atoms with van der Waals surface area (Å²) in [7, 11) is 0. The van der Waals surface area contributed by atoms with Crippen LogP contribution in [0, 0.1) is 5.82 Å². The first-order valence-corrected chi connectivity index (χ1v) is 10.1. The van der Waals surface area contributed by atoms with Crippen molar-refractivity contribution >= 4 is 5.91 Å². The van der Waals surface area contributed by atoms with Gasteiger partial charge in [0.1, 0.15) is 11.6 Å². The van der Waals surface area contributed by atoms with Crippen LogP contribution in [0.5, 0.6) is 0 Å². The van der Waals surface area contributed by atoms with Gasteiger partial charge in [-0.1, -0.05) is 18.2 Å². The lowest BCUT2D eigenvalue weighted by atomic mass is 9.85. The van der Waals surface area contributed by atoms with E-state index in [0.29, 0.717) is 13.1 Å². The summed E-state index contributed by atoms with van der Waals surface area (Å²) >= 11 is 0. The van der Waals surface area contributed by atoms with Gasteiger partial charge in [0.05, 0.1) is 17.4 Å². The number of carbonyl (C=O) groups excluding carboxylic acids is 1.